The van der Waals surface area contributed by atoms with Crippen molar-refractivity contribution in [2.75, 3.05) is 79.5 Å². The first kappa shape index (κ1) is 38.1. The third kappa shape index (κ3) is 8.93. The van der Waals surface area contributed by atoms with Crippen molar-refractivity contribution in [3.8, 4) is 0 Å². The lowest BCUT2D eigenvalue weighted by Crippen LogP contribution is -2.57. The van der Waals surface area contributed by atoms with Gasteiger partial charge in [-0.05, 0) is 0 Å². The Hall–Kier alpha value is -1.66. The van der Waals surface area contributed by atoms with Gasteiger partial charge in [0.1, 0.15) is 23.4 Å². The maximum Gasteiger partial charge on any atom is 0.217 e. The average Bonchev–Trinajstić information content (AvgIpc) is 3.82. The van der Waals surface area contributed by atoms with E-state index in [9.17, 15) is 40.2 Å². The summed E-state index contributed by atoms with van der Waals surface area (Å²) in [6, 6.07) is -1.56. The molecule has 0 radical (unpaired) electrons. The van der Waals surface area contributed by atoms with E-state index >= 15 is 0 Å². The van der Waals surface area contributed by atoms with Crippen LogP contribution in [0.5, 0.6) is 0 Å². The van der Waals surface area contributed by atoms with Crippen molar-refractivity contribution in [3.05, 3.63) is 0 Å². The molecule has 47 heavy (non-hydrogen) atoms. The summed E-state index contributed by atoms with van der Waals surface area (Å²) in [7, 11) is 0. The molecule has 0 bridgehead atoms. The molecule has 2 saturated heterocycles. The Labute approximate surface area is 271 Å². The van der Waals surface area contributed by atoms with Gasteiger partial charge in [0.05, 0.1) is 104 Å². The van der Waals surface area contributed by atoms with Crippen LogP contribution in [0.15, 0.2) is 0 Å². The van der Waals surface area contributed by atoms with Crippen molar-refractivity contribution in [3.63, 3.8) is 0 Å². The molecular formula is C28H49N3O16. The highest BCUT2D eigenvalue weighted by atomic mass is 16.7. The number of amides is 2. The van der Waals surface area contributed by atoms with E-state index in [2.05, 4.69) is 16.0 Å². The lowest BCUT2D eigenvalue weighted by atomic mass is 10.0. The number of aliphatic hydroxyl groups is 6. The fourth-order valence-corrected chi connectivity index (χ4v) is 6.30. The molecule has 2 heterocycles. The van der Waals surface area contributed by atoms with Crippen LogP contribution < -0.4 is 16.0 Å². The van der Waals surface area contributed by atoms with Crippen molar-refractivity contribution >= 4 is 11.8 Å². The number of rotatable bonds is 22. The topological polar surface area (TPSA) is 265 Å². The highest BCUT2D eigenvalue weighted by molar-refractivity contribution is 5.74. The van der Waals surface area contributed by atoms with E-state index in [1.807, 2.05) is 0 Å². The summed E-state index contributed by atoms with van der Waals surface area (Å²) < 4.78 is 44.3. The molecule has 4 fully saturated rings. The normalized spacial score (nSPS) is 38.7. The summed E-state index contributed by atoms with van der Waals surface area (Å²) in [5.41, 5.74) is -3.26. The molecule has 0 aromatic carbocycles. The number of hydrogen-bond acceptors (Lipinski definition) is 17. The van der Waals surface area contributed by atoms with Gasteiger partial charge in [0.15, 0.2) is 12.6 Å². The Balaban J connectivity index is 0.956. The zero-order chi connectivity index (χ0) is 34.2. The van der Waals surface area contributed by atoms with Crippen molar-refractivity contribution in [2.24, 2.45) is 11.8 Å². The zero-order valence-corrected chi connectivity index (χ0v) is 26.5. The fraction of sp³-hybridized carbons (Fsp3) is 0.929. The molecule has 12 atom stereocenters. The molecule has 0 spiro atoms. The number of carbonyl (C=O) groups is 2. The van der Waals surface area contributed by atoms with Gasteiger partial charge >= 0.3 is 0 Å². The third-order valence-corrected chi connectivity index (χ3v) is 8.71. The Kier molecular flexibility index (Phi) is 14.1. The van der Waals surface area contributed by atoms with E-state index in [1.165, 1.54) is 13.8 Å². The second kappa shape index (κ2) is 17.3. The van der Waals surface area contributed by atoms with Crippen LogP contribution in [0.3, 0.4) is 0 Å². The maximum atomic E-state index is 11.6. The number of ether oxygens (including phenoxy) is 8. The second-order valence-electron chi connectivity index (χ2n) is 11.8. The van der Waals surface area contributed by atoms with Crippen LogP contribution in [-0.4, -0.2) is 182 Å². The van der Waals surface area contributed by atoms with E-state index in [4.69, 9.17) is 37.9 Å². The van der Waals surface area contributed by atoms with E-state index in [1.54, 1.807) is 0 Å². The quantitative estimate of drug-likeness (QED) is 0.0380. The summed E-state index contributed by atoms with van der Waals surface area (Å²) in [5, 5.41) is 68.7. The fourth-order valence-electron chi connectivity index (χ4n) is 6.30. The first-order valence-corrected chi connectivity index (χ1v) is 15.6. The number of fused-ring (bicyclic) bond motifs is 2. The van der Waals surface area contributed by atoms with Gasteiger partial charge in [-0.3, -0.25) is 14.9 Å². The molecule has 4 aliphatic rings. The predicted octanol–water partition coefficient (Wildman–Crippen LogP) is -5.52. The van der Waals surface area contributed by atoms with Gasteiger partial charge in [-0.25, -0.2) is 0 Å². The minimum Gasteiger partial charge on any atom is -0.394 e. The predicted molar refractivity (Wildman–Crippen MR) is 154 cm³/mol. The molecule has 19 heteroatoms. The Morgan fingerprint density at radius 2 is 1.00 bits per heavy atom. The highest BCUT2D eigenvalue weighted by Gasteiger charge is 2.76. The Bertz CT molecular complexity index is 939. The second-order valence-corrected chi connectivity index (χ2v) is 11.8. The van der Waals surface area contributed by atoms with E-state index in [0.717, 1.165) is 0 Å². The monoisotopic (exact) mass is 683 g/mol. The first-order chi connectivity index (χ1) is 22.5. The number of aliphatic hydroxyl groups excluding tert-OH is 4. The van der Waals surface area contributed by atoms with Crippen molar-refractivity contribution in [2.45, 2.75) is 74.1 Å². The van der Waals surface area contributed by atoms with Gasteiger partial charge in [0.2, 0.25) is 11.8 Å². The van der Waals surface area contributed by atoms with Gasteiger partial charge in [-0.1, -0.05) is 0 Å². The summed E-state index contributed by atoms with van der Waals surface area (Å²) in [4.78, 5) is 23.2. The van der Waals surface area contributed by atoms with Crippen LogP contribution in [0.1, 0.15) is 13.8 Å². The smallest absolute Gasteiger partial charge is 0.217 e. The van der Waals surface area contributed by atoms with Crippen molar-refractivity contribution in [1.82, 2.24) is 16.0 Å². The molecule has 4 rings (SSSR count). The number of nitrogens with one attached hydrogen (secondary N) is 3. The van der Waals surface area contributed by atoms with Gasteiger partial charge in [-0.2, -0.15) is 0 Å². The Morgan fingerprint density at radius 3 is 1.36 bits per heavy atom. The van der Waals surface area contributed by atoms with E-state index in [-0.39, 0.29) is 64.9 Å². The number of hydrogen-bond donors (Lipinski definition) is 9. The van der Waals surface area contributed by atoms with Crippen LogP contribution in [-0.2, 0) is 47.5 Å². The number of carbonyl (C=O) groups excluding carboxylic acids is 2. The van der Waals surface area contributed by atoms with Crippen molar-refractivity contribution < 1.29 is 78.1 Å². The van der Waals surface area contributed by atoms with E-state index < -0.39 is 85.3 Å². The molecule has 2 aliphatic heterocycles. The largest absolute Gasteiger partial charge is 0.394 e. The summed E-state index contributed by atoms with van der Waals surface area (Å²) in [6.07, 6.45) is -6.31. The molecule has 19 nitrogen and oxygen atoms in total. The lowest BCUT2D eigenvalue weighted by Gasteiger charge is -2.37. The van der Waals surface area contributed by atoms with Crippen molar-refractivity contribution in [1.29, 1.82) is 0 Å². The standard InChI is InChI=1S/C28H49N3O16/c1-15(34)30-21-19-23(36)27(19,38)17(11-32)46-25(21)44-9-7-40-3-5-42-13-29-14-43-6-4-41-8-10-45-26-22(31-16(2)35)20-24(37)28(20,39)18(12-33)47-26/h17-26,29,32-33,36-39H,3-14H2,1-2H3,(H,30,34)(H,31,35)/t17?,18?,19?,20?,21?,22?,23?,24?,25-,26-,27?,28?/m1/s1. The highest BCUT2D eigenvalue weighted by Crippen LogP contribution is 2.55. The van der Waals surface area contributed by atoms with E-state index in [0.29, 0.717) is 13.2 Å². The summed E-state index contributed by atoms with van der Waals surface area (Å²) in [6.45, 7) is 3.77. The van der Waals surface area contributed by atoms with Crippen LogP contribution in [0.2, 0.25) is 0 Å². The summed E-state index contributed by atoms with van der Waals surface area (Å²) >= 11 is 0. The van der Waals surface area contributed by atoms with Crippen LogP contribution in [0.25, 0.3) is 0 Å². The van der Waals surface area contributed by atoms with Crippen LogP contribution in [0, 0.1) is 11.8 Å². The van der Waals surface area contributed by atoms with Gasteiger partial charge in [0, 0.05) is 25.7 Å². The van der Waals surface area contributed by atoms with Gasteiger partial charge < -0.3 is 79.2 Å². The lowest BCUT2D eigenvalue weighted by molar-refractivity contribution is -0.249. The van der Waals surface area contributed by atoms with Crippen LogP contribution in [0.4, 0.5) is 0 Å². The molecule has 2 saturated carbocycles. The minimum absolute atomic E-state index is 0.103. The first-order valence-electron chi connectivity index (χ1n) is 15.6. The molecular weight excluding hydrogens is 634 g/mol. The molecule has 0 aromatic rings. The summed E-state index contributed by atoms with van der Waals surface area (Å²) in [5.74, 6) is -2.17. The zero-order valence-electron chi connectivity index (χ0n) is 26.5. The third-order valence-electron chi connectivity index (χ3n) is 8.71. The molecule has 9 N–H and O–H groups in total. The average molecular weight is 684 g/mol. The minimum atomic E-state index is -1.63. The molecule has 0 aromatic heterocycles. The molecule has 272 valence electrons. The van der Waals surface area contributed by atoms with Gasteiger partial charge in [0.25, 0.3) is 0 Å². The Morgan fingerprint density at radius 1 is 0.638 bits per heavy atom. The van der Waals surface area contributed by atoms with Gasteiger partial charge in [-0.15, -0.1) is 0 Å². The SMILES string of the molecule is CC(=O)NC1C2C(O)C2(O)C(CO)O[C@H]1OCCOCCOCNCOCCOCCO[C@@H]1OC(CO)C2(O)C(O)C2C1NC(C)=O. The van der Waals surface area contributed by atoms with Crippen LogP contribution >= 0.6 is 0 Å². The maximum absolute atomic E-state index is 11.6. The molecule has 2 aliphatic carbocycles. The molecule has 2 amide bonds. The molecule has 10 unspecified atom stereocenters.